The molecule has 0 radical (unpaired) electrons. The van der Waals surface area contributed by atoms with E-state index >= 15 is 0 Å². The van der Waals surface area contributed by atoms with Crippen molar-refractivity contribution in [3.8, 4) is 5.75 Å². The summed E-state index contributed by atoms with van der Waals surface area (Å²) in [5, 5.41) is 5.01. The van der Waals surface area contributed by atoms with Crippen LogP contribution in [0.1, 0.15) is 20.8 Å². The molecule has 0 saturated heterocycles. The molecule has 20 heavy (non-hydrogen) atoms. The second-order valence-electron chi connectivity index (χ2n) is 4.98. The number of rotatable bonds is 5. The summed E-state index contributed by atoms with van der Waals surface area (Å²) in [5.41, 5.74) is -0.838. The van der Waals surface area contributed by atoms with Crippen molar-refractivity contribution < 1.29 is 18.7 Å². The summed E-state index contributed by atoms with van der Waals surface area (Å²) in [7, 11) is 0. The highest BCUT2D eigenvalue weighted by Gasteiger charge is 2.15. The van der Waals surface area contributed by atoms with Gasteiger partial charge in [0, 0.05) is 6.07 Å². The predicted molar refractivity (Wildman–Crippen MR) is 71.6 cm³/mol. The van der Waals surface area contributed by atoms with Crippen LogP contribution in [-0.2, 0) is 4.74 Å². The second-order valence-corrected chi connectivity index (χ2v) is 4.98. The topological polar surface area (TPSA) is 77.0 Å². The van der Waals surface area contributed by atoms with E-state index in [0.29, 0.717) is 0 Å². The van der Waals surface area contributed by atoms with Crippen LogP contribution in [0.5, 0.6) is 5.75 Å². The molecule has 1 N–H and O–H groups in total. The van der Waals surface area contributed by atoms with Crippen molar-refractivity contribution in [2.75, 3.05) is 13.2 Å². The summed E-state index contributed by atoms with van der Waals surface area (Å²) >= 11 is 0. The fourth-order valence-electron chi connectivity index (χ4n) is 1.29. The largest absolute Gasteiger partial charge is 0.492 e. The lowest BCUT2D eigenvalue weighted by Gasteiger charge is -2.19. The Morgan fingerprint density at radius 3 is 2.65 bits per heavy atom. The number of nitrogens with one attached hydrogen (secondary N) is 1. The van der Waals surface area contributed by atoms with E-state index in [2.05, 4.69) is 10.5 Å². The number of ether oxygens (including phenoxy) is 2. The molecular formula is C13H17FN2O4. The van der Waals surface area contributed by atoms with Gasteiger partial charge in [0.15, 0.2) is 5.82 Å². The third kappa shape index (κ3) is 5.64. The molecule has 0 saturated carbocycles. The van der Waals surface area contributed by atoms with E-state index in [1.165, 1.54) is 12.1 Å². The summed E-state index contributed by atoms with van der Waals surface area (Å²) in [6.07, 6.45) is -0.548. The Bertz CT molecular complexity index is 486. The van der Waals surface area contributed by atoms with Crippen LogP contribution < -0.4 is 10.1 Å². The van der Waals surface area contributed by atoms with Crippen molar-refractivity contribution in [2.24, 2.45) is 5.18 Å². The molecule has 6 nitrogen and oxygen atoms in total. The first-order valence-corrected chi connectivity index (χ1v) is 6.04. The van der Waals surface area contributed by atoms with Gasteiger partial charge in [0.25, 0.3) is 0 Å². The Labute approximate surface area is 116 Å². The van der Waals surface area contributed by atoms with E-state index in [1.807, 2.05) is 0 Å². The highest BCUT2D eigenvalue weighted by Crippen LogP contribution is 2.22. The molecule has 0 aromatic heterocycles. The van der Waals surface area contributed by atoms with Gasteiger partial charge in [-0.1, -0.05) is 0 Å². The molecule has 0 heterocycles. The lowest BCUT2D eigenvalue weighted by atomic mass is 10.2. The van der Waals surface area contributed by atoms with Gasteiger partial charge in [-0.3, -0.25) is 0 Å². The van der Waals surface area contributed by atoms with Crippen molar-refractivity contribution in [2.45, 2.75) is 26.4 Å². The van der Waals surface area contributed by atoms with Crippen molar-refractivity contribution in [3.05, 3.63) is 28.9 Å². The first-order valence-electron chi connectivity index (χ1n) is 6.04. The Morgan fingerprint density at radius 1 is 1.40 bits per heavy atom. The summed E-state index contributed by atoms with van der Waals surface area (Å²) < 4.78 is 23.4. The fraction of sp³-hybridized carbons (Fsp3) is 0.462. The fourth-order valence-corrected chi connectivity index (χ4v) is 1.29. The molecule has 0 aliphatic rings. The Kier molecular flexibility index (Phi) is 5.42. The van der Waals surface area contributed by atoms with Crippen LogP contribution in [-0.4, -0.2) is 24.8 Å². The number of hydrogen-bond donors (Lipinski definition) is 1. The molecule has 0 bridgehead atoms. The maximum absolute atomic E-state index is 13.2. The molecule has 1 rings (SSSR count). The number of alkyl carbamates (subject to hydrolysis) is 1. The van der Waals surface area contributed by atoms with E-state index < -0.39 is 17.5 Å². The van der Waals surface area contributed by atoms with Gasteiger partial charge in [0.1, 0.15) is 23.6 Å². The van der Waals surface area contributed by atoms with Crippen molar-refractivity contribution in [1.82, 2.24) is 5.32 Å². The first-order chi connectivity index (χ1) is 9.31. The summed E-state index contributed by atoms with van der Waals surface area (Å²) in [6, 6.07) is 3.70. The molecule has 0 spiro atoms. The molecule has 110 valence electrons. The van der Waals surface area contributed by atoms with Crippen LogP contribution >= 0.6 is 0 Å². The lowest BCUT2D eigenvalue weighted by molar-refractivity contribution is 0.0520. The predicted octanol–water partition coefficient (Wildman–Crippen LogP) is 3.13. The van der Waals surface area contributed by atoms with Gasteiger partial charge in [0.05, 0.1) is 6.54 Å². The van der Waals surface area contributed by atoms with Crippen LogP contribution in [0.3, 0.4) is 0 Å². The zero-order valence-corrected chi connectivity index (χ0v) is 11.6. The van der Waals surface area contributed by atoms with Crippen molar-refractivity contribution in [1.29, 1.82) is 0 Å². The second kappa shape index (κ2) is 6.83. The van der Waals surface area contributed by atoms with Gasteiger partial charge in [-0.2, -0.15) is 0 Å². The van der Waals surface area contributed by atoms with E-state index in [9.17, 15) is 14.1 Å². The van der Waals surface area contributed by atoms with Gasteiger partial charge >= 0.3 is 6.09 Å². The molecule has 0 atom stereocenters. The molecule has 1 amide bonds. The number of carbonyl (C=O) groups is 1. The van der Waals surface area contributed by atoms with Gasteiger partial charge in [-0.25, -0.2) is 9.18 Å². The highest BCUT2D eigenvalue weighted by molar-refractivity contribution is 5.67. The number of amides is 1. The minimum absolute atomic E-state index is 0.145. The SMILES string of the molecule is CC(C)(C)OC(=O)NCCOc1ccc(N=O)c(F)c1. The molecule has 7 heteroatoms. The first kappa shape index (κ1) is 15.9. The normalized spacial score (nSPS) is 10.8. The standard InChI is InChI=1S/C13H17FN2O4/c1-13(2,3)20-12(17)15-6-7-19-9-4-5-11(16-18)10(14)8-9/h4-5,8H,6-7H2,1-3H3,(H,15,17). The van der Waals surface area contributed by atoms with Gasteiger partial charge in [-0.05, 0) is 38.1 Å². The zero-order chi connectivity index (χ0) is 15.2. The van der Waals surface area contributed by atoms with Crippen LogP contribution in [0, 0.1) is 10.7 Å². The Morgan fingerprint density at radius 2 is 2.10 bits per heavy atom. The summed E-state index contributed by atoms with van der Waals surface area (Å²) in [5.74, 6) is -0.501. The zero-order valence-electron chi connectivity index (χ0n) is 11.6. The maximum Gasteiger partial charge on any atom is 0.407 e. The van der Waals surface area contributed by atoms with Crippen LogP contribution in [0.15, 0.2) is 23.4 Å². The van der Waals surface area contributed by atoms with Crippen LogP contribution in [0.4, 0.5) is 14.9 Å². The van der Waals surface area contributed by atoms with E-state index in [4.69, 9.17) is 9.47 Å². The minimum atomic E-state index is -0.752. The molecule has 0 aliphatic carbocycles. The quantitative estimate of drug-likeness (QED) is 0.665. The van der Waals surface area contributed by atoms with E-state index in [0.717, 1.165) is 6.07 Å². The summed E-state index contributed by atoms with van der Waals surface area (Å²) in [4.78, 5) is 21.5. The number of halogens is 1. The molecular weight excluding hydrogens is 267 g/mol. The number of benzene rings is 1. The van der Waals surface area contributed by atoms with Gasteiger partial charge < -0.3 is 14.8 Å². The average Bonchev–Trinajstić information content (AvgIpc) is 2.33. The van der Waals surface area contributed by atoms with Gasteiger partial charge in [-0.15, -0.1) is 4.91 Å². The van der Waals surface area contributed by atoms with Gasteiger partial charge in [0.2, 0.25) is 0 Å². The lowest BCUT2D eigenvalue weighted by Crippen LogP contribution is -2.34. The monoisotopic (exact) mass is 284 g/mol. The third-order valence-electron chi connectivity index (χ3n) is 2.06. The number of nitroso groups, excluding NO2 is 1. The average molecular weight is 284 g/mol. The highest BCUT2D eigenvalue weighted by atomic mass is 19.1. The summed E-state index contributed by atoms with van der Waals surface area (Å²) in [6.45, 7) is 5.63. The smallest absolute Gasteiger partial charge is 0.407 e. The molecule has 0 aliphatic heterocycles. The van der Waals surface area contributed by atoms with E-state index in [-0.39, 0.29) is 24.6 Å². The molecule has 1 aromatic rings. The Hall–Kier alpha value is -2.18. The number of nitrogens with zero attached hydrogens (tertiary/aromatic N) is 1. The number of carbonyl (C=O) groups excluding carboxylic acids is 1. The van der Waals surface area contributed by atoms with E-state index in [1.54, 1.807) is 20.8 Å². The molecule has 0 fully saturated rings. The van der Waals surface area contributed by atoms with Crippen molar-refractivity contribution in [3.63, 3.8) is 0 Å². The third-order valence-corrected chi connectivity index (χ3v) is 2.06. The van der Waals surface area contributed by atoms with Crippen LogP contribution in [0.2, 0.25) is 0 Å². The minimum Gasteiger partial charge on any atom is -0.492 e. The number of hydrogen-bond acceptors (Lipinski definition) is 5. The maximum atomic E-state index is 13.2. The molecule has 0 unspecified atom stereocenters. The van der Waals surface area contributed by atoms with Crippen molar-refractivity contribution >= 4 is 11.8 Å². The van der Waals surface area contributed by atoms with Crippen LogP contribution in [0.25, 0.3) is 0 Å². The Balaban J connectivity index is 2.33. The molecule has 1 aromatic carbocycles.